The monoisotopic (exact) mass is 415 g/mol. The molecule has 0 radical (unpaired) electrons. The van der Waals surface area contributed by atoms with E-state index >= 15 is 0 Å². The van der Waals surface area contributed by atoms with E-state index in [4.69, 9.17) is 4.74 Å². The average molecular weight is 415 g/mol. The van der Waals surface area contributed by atoms with Gasteiger partial charge in [-0.15, -0.1) is 0 Å². The van der Waals surface area contributed by atoms with Crippen LogP contribution in [0.25, 0.3) is 0 Å². The Bertz CT molecular complexity index is 874. The van der Waals surface area contributed by atoms with Gasteiger partial charge < -0.3 is 20.2 Å². The first kappa shape index (κ1) is 22.0. The molecule has 0 aliphatic carbocycles. The molecule has 0 saturated carbocycles. The molecule has 1 amide bonds. The molecule has 0 aliphatic heterocycles. The normalized spacial score (nSPS) is 13.2. The third-order valence-corrected chi connectivity index (χ3v) is 3.81. The van der Waals surface area contributed by atoms with Gasteiger partial charge in [0.05, 0.1) is 19.8 Å². The molecule has 0 fully saturated rings. The molecule has 1 atom stereocenters. The highest BCUT2D eigenvalue weighted by Crippen LogP contribution is 2.31. The van der Waals surface area contributed by atoms with Crippen LogP contribution in [0.5, 0.6) is 5.75 Å². The van der Waals surface area contributed by atoms with Gasteiger partial charge in [0.2, 0.25) is 0 Å². The fraction of sp³-hybridized carbons (Fsp3) is 0.222. The van der Waals surface area contributed by atoms with E-state index in [1.165, 1.54) is 31.4 Å². The molecule has 2 rings (SSSR count). The number of hydrazine groups is 1. The minimum absolute atomic E-state index is 0.00238. The summed E-state index contributed by atoms with van der Waals surface area (Å²) in [5.74, 6) is -3.70. The Balaban J connectivity index is 2.41. The summed E-state index contributed by atoms with van der Waals surface area (Å²) in [5.41, 5.74) is -0.0130. The van der Waals surface area contributed by atoms with Gasteiger partial charge in [-0.05, 0) is 36.4 Å². The predicted molar refractivity (Wildman–Crippen MR) is 94.4 cm³/mol. The number of amides is 1. The first-order valence-corrected chi connectivity index (χ1v) is 8.04. The van der Waals surface area contributed by atoms with E-state index < -0.39 is 29.5 Å². The van der Waals surface area contributed by atoms with Crippen LogP contribution < -0.4 is 20.9 Å². The lowest BCUT2D eigenvalue weighted by Gasteiger charge is -2.34. The standard InChI is InChI=1S/C18H17F4N3O4/c1-28-14-6-4-3-5-13(14)15(26)23-17(16(27)29-2,18(20,21)22)25-24-12-9-7-11(19)8-10-12/h3-10,24-25H,1-2H3,(H,23,26)/t17-/m1/s1. The third-order valence-electron chi connectivity index (χ3n) is 3.81. The summed E-state index contributed by atoms with van der Waals surface area (Å²) in [6.07, 6.45) is -5.33. The molecule has 11 heteroatoms. The smallest absolute Gasteiger partial charge is 0.438 e. The van der Waals surface area contributed by atoms with Crippen molar-refractivity contribution in [1.29, 1.82) is 0 Å². The van der Waals surface area contributed by atoms with Crippen LogP contribution in [-0.2, 0) is 9.53 Å². The molecule has 0 saturated heterocycles. The number of anilines is 1. The molecule has 3 N–H and O–H groups in total. The van der Waals surface area contributed by atoms with Crippen LogP contribution in [0.15, 0.2) is 48.5 Å². The molecule has 0 unspecified atom stereocenters. The van der Waals surface area contributed by atoms with Crippen molar-refractivity contribution in [3.8, 4) is 5.75 Å². The highest BCUT2D eigenvalue weighted by atomic mass is 19.4. The Morgan fingerprint density at radius 1 is 0.966 bits per heavy atom. The third kappa shape index (κ3) is 4.74. The number of benzene rings is 2. The highest BCUT2D eigenvalue weighted by molar-refractivity contribution is 6.00. The van der Waals surface area contributed by atoms with E-state index in [2.05, 4.69) is 10.2 Å². The van der Waals surface area contributed by atoms with E-state index in [0.717, 1.165) is 31.4 Å². The zero-order chi connectivity index (χ0) is 21.7. The van der Waals surface area contributed by atoms with Crippen LogP contribution in [0.2, 0.25) is 0 Å². The van der Waals surface area contributed by atoms with Crippen LogP contribution in [0.3, 0.4) is 0 Å². The molecule has 0 bridgehead atoms. The SMILES string of the molecule is COC(=O)[C@](NNc1ccc(F)cc1)(NC(=O)c1ccccc1OC)C(F)(F)F. The Morgan fingerprint density at radius 2 is 1.59 bits per heavy atom. The number of hydrogen-bond donors (Lipinski definition) is 3. The molecule has 2 aromatic carbocycles. The first-order chi connectivity index (χ1) is 13.6. The Morgan fingerprint density at radius 3 is 2.14 bits per heavy atom. The van der Waals surface area contributed by atoms with Gasteiger partial charge in [-0.2, -0.15) is 18.6 Å². The summed E-state index contributed by atoms with van der Waals surface area (Å²) in [4.78, 5) is 24.7. The van der Waals surface area contributed by atoms with Crippen LogP contribution in [-0.4, -0.2) is 37.9 Å². The van der Waals surface area contributed by atoms with Crippen molar-refractivity contribution < 1.29 is 36.6 Å². The fourth-order valence-corrected chi connectivity index (χ4v) is 2.31. The van der Waals surface area contributed by atoms with Crippen molar-refractivity contribution in [3.63, 3.8) is 0 Å². The molecular weight excluding hydrogens is 398 g/mol. The second-order valence-corrected chi connectivity index (χ2v) is 5.65. The molecular formula is C18H17F4N3O4. The second-order valence-electron chi connectivity index (χ2n) is 5.65. The number of ether oxygens (including phenoxy) is 2. The number of esters is 1. The van der Waals surface area contributed by atoms with Crippen molar-refractivity contribution in [1.82, 2.24) is 10.7 Å². The number of nitrogens with one attached hydrogen (secondary N) is 3. The van der Waals surface area contributed by atoms with E-state index in [9.17, 15) is 27.2 Å². The summed E-state index contributed by atoms with van der Waals surface area (Å²) in [7, 11) is 1.97. The van der Waals surface area contributed by atoms with Gasteiger partial charge in [0.25, 0.3) is 5.91 Å². The molecule has 0 spiro atoms. The topological polar surface area (TPSA) is 88.7 Å². The van der Waals surface area contributed by atoms with E-state index in [0.29, 0.717) is 0 Å². The molecule has 156 valence electrons. The van der Waals surface area contributed by atoms with Crippen molar-refractivity contribution in [2.75, 3.05) is 19.6 Å². The summed E-state index contributed by atoms with van der Waals surface area (Å²) in [5, 5.41) is 1.63. The van der Waals surface area contributed by atoms with Gasteiger partial charge in [-0.25, -0.2) is 9.18 Å². The minimum Gasteiger partial charge on any atom is -0.496 e. The molecule has 0 heterocycles. The molecule has 29 heavy (non-hydrogen) atoms. The number of methoxy groups -OCH3 is 2. The number of carbonyl (C=O) groups is 2. The van der Waals surface area contributed by atoms with Gasteiger partial charge in [0, 0.05) is 5.69 Å². The van der Waals surface area contributed by atoms with Gasteiger partial charge in [-0.1, -0.05) is 12.1 Å². The maximum absolute atomic E-state index is 13.9. The first-order valence-electron chi connectivity index (χ1n) is 8.04. The van der Waals surface area contributed by atoms with Crippen molar-refractivity contribution in [2.24, 2.45) is 0 Å². The van der Waals surface area contributed by atoms with Crippen LogP contribution >= 0.6 is 0 Å². The van der Waals surface area contributed by atoms with E-state index in [1.807, 2.05) is 0 Å². The van der Waals surface area contributed by atoms with Crippen molar-refractivity contribution in [3.05, 3.63) is 59.9 Å². The number of hydrogen-bond acceptors (Lipinski definition) is 6. The Kier molecular flexibility index (Phi) is 6.64. The molecule has 0 aromatic heterocycles. The minimum atomic E-state index is -5.33. The number of para-hydroxylation sites is 1. The van der Waals surface area contributed by atoms with Crippen LogP contribution in [0.1, 0.15) is 10.4 Å². The number of carbonyl (C=O) groups excluding carboxylic acids is 2. The quantitative estimate of drug-likeness (QED) is 0.279. The lowest BCUT2D eigenvalue weighted by molar-refractivity contribution is -0.215. The van der Waals surface area contributed by atoms with Crippen molar-refractivity contribution in [2.45, 2.75) is 11.8 Å². The molecule has 2 aromatic rings. The molecule has 0 aliphatic rings. The van der Waals surface area contributed by atoms with E-state index in [-0.39, 0.29) is 17.0 Å². The summed E-state index contributed by atoms with van der Waals surface area (Å²) in [6, 6.07) is 9.75. The lowest BCUT2D eigenvalue weighted by Crippen LogP contribution is -2.73. The largest absolute Gasteiger partial charge is 0.496 e. The average Bonchev–Trinajstić information content (AvgIpc) is 2.70. The number of halogens is 4. The maximum Gasteiger partial charge on any atom is 0.438 e. The highest BCUT2D eigenvalue weighted by Gasteiger charge is 2.63. The Labute approximate surface area is 163 Å². The van der Waals surface area contributed by atoms with Crippen molar-refractivity contribution >= 4 is 17.6 Å². The Hall–Kier alpha value is -3.34. The number of rotatable bonds is 7. The van der Waals surface area contributed by atoms with Gasteiger partial charge in [0.1, 0.15) is 11.6 Å². The lowest BCUT2D eigenvalue weighted by atomic mass is 10.1. The van der Waals surface area contributed by atoms with Crippen LogP contribution in [0.4, 0.5) is 23.2 Å². The van der Waals surface area contributed by atoms with E-state index in [1.54, 1.807) is 10.7 Å². The van der Waals surface area contributed by atoms with Gasteiger partial charge in [0.15, 0.2) is 0 Å². The van der Waals surface area contributed by atoms with Gasteiger partial charge in [-0.3, -0.25) is 4.79 Å². The summed E-state index contributed by atoms with van der Waals surface area (Å²) in [6.45, 7) is 0. The fourth-order valence-electron chi connectivity index (χ4n) is 2.31. The van der Waals surface area contributed by atoms with Gasteiger partial charge >= 0.3 is 17.8 Å². The zero-order valence-electron chi connectivity index (χ0n) is 15.3. The maximum atomic E-state index is 13.9. The molecule has 7 nitrogen and oxygen atoms in total. The summed E-state index contributed by atoms with van der Waals surface area (Å²) < 4.78 is 64.0. The summed E-state index contributed by atoms with van der Waals surface area (Å²) >= 11 is 0. The predicted octanol–water partition coefficient (Wildman–Crippen LogP) is 2.61. The van der Waals surface area contributed by atoms with Crippen LogP contribution in [0, 0.1) is 5.82 Å². The zero-order valence-corrected chi connectivity index (χ0v) is 15.3. The number of alkyl halides is 3. The second kappa shape index (κ2) is 8.78.